The minimum atomic E-state index is -2.00. The summed E-state index contributed by atoms with van der Waals surface area (Å²) < 4.78 is 61.3. The highest BCUT2D eigenvalue weighted by molar-refractivity contribution is 5.30. The van der Waals surface area contributed by atoms with Crippen molar-refractivity contribution in [3.8, 4) is 0 Å². The third kappa shape index (κ3) is 9.18. The van der Waals surface area contributed by atoms with Crippen molar-refractivity contribution in [1.29, 1.82) is 0 Å². The first-order chi connectivity index (χ1) is 34.3. The molecular formula is C50H80O22. The lowest BCUT2D eigenvalue weighted by molar-refractivity contribution is -0.404. The van der Waals surface area contributed by atoms with E-state index >= 15 is 0 Å². The predicted octanol–water partition coefficient (Wildman–Crippen LogP) is -2.35. The molecular weight excluding hydrogens is 953 g/mol. The number of aliphatic hydroxyl groups excluding tert-OH is 12. The molecule has 72 heavy (non-hydrogen) atoms. The maximum absolute atomic E-state index is 11.8. The highest BCUT2D eigenvalue weighted by Crippen LogP contribution is 2.70. The molecule has 6 saturated heterocycles. The van der Waals surface area contributed by atoms with Crippen molar-refractivity contribution in [1.82, 2.24) is 0 Å². The molecule has 22 heteroatoms. The summed E-state index contributed by atoms with van der Waals surface area (Å²) in [7, 11) is 0. The second-order valence-corrected chi connectivity index (χ2v) is 23.5. The Kier molecular flexibility index (Phi) is 15.7. The van der Waals surface area contributed by atoms with Crippen molar-refractivity contribution in [2.24, 2.45) is 46.3 Å². The van der Waals surface area contributed by atoms with Gasteiger partial charge in [0.05, 0.1) is 45.2 Å². The maximum Gasteiger partial charge on any atom is 0.187 e. The zero-order valence-corrected chi connectivity index (χ0v) is 41.5. The minimum Gasteiger partial charge on any atom is -0.394 e. The number of allylic oxidation sites excluding steroid dienone is 2. The Labute approximate surface area is 419 Å². The Hall–Kier alpha value is -1.14. The largest absolute Gasteiger partial charge is 0.394 e. The summed E-state index contributed by atoms with van der Waals surface area (Å²) >= 11 is 0. The van der Waals surface area contributed by atoms with Crippen LogP contribution in [-0.4, -0.2) is 229 Å². The Morgan fingerprint density at radius 3 is 1.90 bits per heavy atom. The van der Waals surface area contributed by atoms with Gasteiger partial charge in [-0.25, -0.2) is 0 Å². The zero-order chi connectivity index (χ0) is 51.3. The summed E-state index contributed by atoms with van der Waals surface area (Å²) in [6, 6.07) is 0. The molecule has 30 atom stereocenters. The maximum atomic E-state index is 11.8. The number of rotatable bonds is 11. The molecule has 0 aromatic heterocycles. The first-order valence-electron chi connectivity index (χ1n) is 26.4. The van der Waals surface area contributed by atoms with Crippen molar-refractivity contribution in [3.05, 3.63) is 11.6 Å². The fourth-order valence-electron chi connectivity index (χ4n) is 15.1. The van der Waals surface area contributed by atoms with Crippen LogP contribution in [0.3, 0.4) is 0 Å². The lowest BCUT2D eigenvalue weighted by Crippen LogP contribution is -2.68. The highest BCUT2D eigenvalue weighted by Gasteiger charge is 2.68. The third-order valence-electron chi connectivity index (χ3n) is 19.4. The molecule has 30 unspecified atom stereocenters. The molecule has 1 spiro atoms. The van der Waals surface area contributed by atoms with Crippen LogP contribution < -0.4 is 0 Å². The van der Waals surface area contributed by atoms with Gasteiger partial charge >= 0.3 is 0 Å². The molecule has 10 aliphatic rings. The normalized spacial score (nSPS) is 56.7. The molecule has 0 aromatic rings. The van der Waals surface area contributed by atoms with Crippen LogP contribution in [0.1, 0.15) is 85.5 Å². The lowest BCUT2D eigenvalue weighted by atomic mass is 9.47. The Morgan fingerprint density at radius 2 is 1.19 bits per heavy atom. The van der Waals surface area contributed by atoms with Gasteiger partial charge in [-0.05, 0) is 91.8 Å². The van der Waals surface area contributed by atoms with Gasteiger partial charge < -0.3 is 109 Å². The molecule has 0 aromatic carbocycles. The standard InChI is InChI=1S/C50H80O22/c1-20-7-12-50(64-18-20)21(2)32-28(72-50)14-26-24-6-5-22-13-23(8-10-48(22,3)25(24)9-11-49(26,32)4)65-45-40(62)37(59)41(31(17-53)68-45)69-47-43(71-46-39(61)36(58)34(56)29(15-51)66-46)42(35(57)30(16-52)67-47)70-44-38(60)33(55)27(54)19-63-44/h6,20-23,25-47,51-62H,5,7-19H2,1-4H3. The summed E-state index contributed by atoms with van der Waals surface area (Å²) in [6.45, 7) is 7.28. The first-order valence-corrected chi connectivity index (χ1v) is 26.4. The van der Waals surface area contributed by atoms with Crippen molar-refractivity contribution < 1.29 is 109 Å². The average molecular weight is 1030 g/mol. The topological polar surface area (TPSA) is 335 Å². The van der Waals surface area contributed by atoms with Crippen LogP contribution in [0, 0.1) is 46.3 Å². The van der Waals surface area contributed by atoms with E-state index < -0.39 is 149 Å². The number of hydrogen-bond donors (Lipinski definition) is 12. The van der Waals surface area contributed by atoms with Crippen LogP contribution in [-0.2, 0) is 47.4 Å². The summed E-state index contributed by atoms with van der Waals surface area (Å²) in [5, 5.41) is 129. The van der Waals surface area contributed by atoms with E-state index in [1.807, 2.05) is 0 Å². The van der Waals surface area contributed by atoms with Gasteiger partial charge in [0.25, 0.3) is 0 Å². The molecule has 12 N–H and O–H groups in total. The summed E-state index contributed by atoms with van der Waals surface area (Å²) in [5.74, 6) is 2.01. The van der Waals surface area contributed by atoms with E-state index in [-0.39, 0.29) is 29.0 Å². The van der Waals surface area contributed by atoms with Crippen LogP contribution in [0.2, 0.25) is 0 Å². The molecule has 22 nitrogen and oxygen atoms in total. The zero-order valence-electron chi connectivity index (χ0n) is 41.5. The quantitative estimate of drug-likeness (QED) is 0.0964. The predicted molar refractivity (Wildman–Crippen MR) is 242 cm³/mol. The number of hydrogen-bond acceptors (Lipinski definition) is 22. The van der Waals surface area contributed by atoms with Gasteiger partial charge in [0.1, 0.15) is 91.6 Å². The molecule has 6 aliphatic heterocycles. The number of fused-ring (bicyclic) bond motifs is 7. The average Bonchev–Trinajstić information content (AvgIpc) is 3.82. The Balaban J connectivity index is 0.824. The molecule has 0 bridgehead atoms. The van der Waals surface area contributed by atoms with E-state index in [9.17, 15) is 61.3 Å². The van der Waals surface area contributed by atoms with Gasteiger partial charge in [-0.3, -0.25) is 0 Å². The van der Waals surface area contributed by atoms with Gasteiger partial charge in [-0.1, -0.05) is 39.3 Å². The van der Waals surface area contributed by atoms with Crippen molar-refractivity contribution in [2.45, 2.75) is 220 Å². The van der Waals surface area contributed by atoms with Crippen LogP contribution in [0.5, 0.6) is 0 Å². The molecule has 4 aliphatic carbocycles. The minimum absolute atomic E-state index is 0.0233. The third-order valence-corrected chi connectivity index (χ3v) is 19.4. The Bertz CT molecular complexity index is 1890. The fourth-order valence-corrected chi connectivity index (χ4v) is 15.1. The summed E-state index contributed by atoms with van der Waals surface area (Å²) in [4.78, 5) is 0. The first kappa shape index (κ1) is 54.2. The van der Waals surface area contributed by atoms with Gasteiger partial charge in [0, 0.05) is 12.3 Å². The Morgan fingerprint density at radius 1 is 0.569 bits per heavy atom. The fraction of sp³-hybridized carbons (Fsp3) is 0.960. The van der Waals surface area contributed by atoms with Crippen LogP contribution in [0.25, 0.3) is 0 Å². The monoisotopic (exact) mass is 1030 g/mol. The lowest BCUT2D eigenvalue weighted by Gasteiger charge is -2.58. The molecule has 3 saturated carbocycles. The van der Waals surface area contributed by atoms with Crippen LogP contribution >= 0.6 is 0 Å². The van der Waals surface area contributed by atoms with Crippen molar-refractivity contribution in [3.63, 3.8) is 0 Å². The van der Waals surface area contributed by atoms with Gasteiger partial charge in [0.2, 0.25) is 0 Å². The van der Waals surface area contributed by atoms with Crippen LogP contribution in [0.4, 0.5) is 0 Å². The van der Waals surface area contributed by atoms with E-state index in [2.05, 4.69) is 33.8 Å². The van der Waals surface area contributed by atoms with E-state index in [1.165, 1.54) is 0 Å². The molecule has 412 valence electrons. The van der Waals surface area contributed by atoms with Crippen LogP contribution in [0.15, 0.2) is 11.6 Å². The molecule has 6 heterocycles. The number of ether oxygens (including phenoxy) is 10. The molecule has 0 amide bonds. The smallest absolute Gasteiger partial charge is 0.187 e. The van der Waals surface area contributed by atoms with Gasteiger partial charge in [-0.15, -0.1) is 0 Å². The van der Waals surface area contributed by atoms with E-state index in [4.69, 9.17) is 47.4 Å². The van der Waals surface area contributed by atoms with E-state index in [0.29, 0.717) is 42.4 Å². The van der Waals surface area contributed by atoms with Crippen molar-refractivity contribution >= 4 is 0 Å². The highest BCUT2D eigenvalue weighted by atomic mass is 16.8. The van der Waals surface area contributed by atoms with Gasteiger partial charge in [0.15, 0.2) is 30.9 Å². The molecule has 0 radical (unpaired) electrons. The summed E-state index contributed by atoms with van der Waals surface area (Å²) in [6.07, 6.45) is -22.2. The second-order valence-electron chi connectivity index (χ2n) is 23.5. The van der Waals surface area contributed by atoms with Crippen molar-refractivity contribution in [2.75, 3.05) is 33.0 Å². The molecule has 9 fully saturated rings. The SMILES string of the molecule is CC1CCC2(OC1)OC1CC3C4=CCC5CC(OC6OC(CO)C(OC7OC(CO)C(O)C(OC8OCC(O)C(O)C8O)C7OC7OC(CO)C(O)C(O)C7O)C(O)C6O)CCC5(C)C4CCC3(C)C1C2C. The van der Waals surface area contributed by atoms with E-state index in [0.717, 1.165) is 51.6 Å². The van der Waals surface area contributed by atoms with E-state index in [1.54, 1.807) is 5.57 Å². The second kappa shape index (κ2) is 20.9. The van der Waals surface area contributed by atoms with Gasteiger partial charge in [-0.2, -0.15) is 0 Å². The number of aliphatic hydroxyl groups is 12. The summed E-state index contributed by atoms with van der Waals surface area (Å²) in [5.41, 5.74) is 1.74. The molecule has 10 rings (SSSR count).